The molecule has 0 fully saturated rings. The molecular weight excluding hydrogens is 300 g/mol. The molecule has 1 atom stereocenters. The van der Waals surface area contributed by atoms with E-state index < -0.39 is 17.7 Å². The van der Waals surface area contributed by atoms with E-state index in [4.69, 9.17) is 14.2 Å². The summed E-state index contributed by atoms with van der Waals surface area (Å²) >= 11 is 0. The Morgan fingerprint density at radius 1 is 1.09 bits per heavy atom. The molecular formula is C16H24N2O5. The molecule has 7 heteroatoms. The van der Waals surface area contributed by atoms with Gasteiger partial charge in [-0.05, 0) is 39.8 Å². The number of hydrogen-bond donors (Lipinski definition) is 2. The van der Waals surface area contributed by atoms with Crippen molar-refractivity contribution in [2.24, 2.45) is 0 Å². The van der Waals surface area contributed by atoms with E-state index in [0.29, 0.717) is 17.2 Å². The highest BCUT2D eigenvalue weighted by molar-refractivity contribution is 5.96. The molecule has 0 spiro atoms. The second-order valence-corrected chi connectivity index (χ2v) is 5.93. The SMILES string of the molecule is COc1ccc(NC(=O)[C@H](C)NC(=O)OC(C)(C)C)cc1OC. The summed E-state index contributed by atoms with van der Waals surface area (Å²) in [5, 5.41) is 5.17. The first-order chi connectivity index (χ1) is 10.7. The van der Waals surface area contributed by atoms with Crippen molar-refractivity contribution in [2.75, 3.05) is 19.5 Å². The van der Waals surface area contributed by atoms with Crippen LogP contribution in [0.5, 0.6) is 11.5 Å². The van der Waals surface area contributed by atoms with E-state index in [1.807, 2.05) is 0 Å². The number of alkyl carbamates (subject to hydrolysis) is 1. The quantitative estimate of drug-likeness (QED) is 0.869. The summed E-state index contributed by atoms with van der Waals surface area (Å²) in [6.07, 6.45) is -0.646. The molecule has 0 saturated heterocycles. The fourth-order valence-electron chi connectivity index (χ4n) is 1.71. The van der Waals surface area contributed by atoms with Crippen LogP contribution in [0.15, 0.2) is 18.2 Å². The third-order valence-electron chi connectivity index (χ3n) is 2.78. The molecule has 1 aromatic rings. The van der Waals surface area contributed by atoms with Crippen LogP contribution in [-0.4, -0.2) is 37.9 Å². The number of anilines is 1. The van der Waals surface area contributed by atoms with E-state index in [1.54, 1.807) is 45.9 Å². The summed E-state index contributed by atoms with van der Waals surface area (Å²) in [6.45, 7) is 6.82. The highest BCUT2D eigenvalue weighted by Crippen LogP contribution is 2.29. The molecule has 0 radical (unpaired) electrons. The number of nitrogens with one attached hydrogen (secondary N) is 2. The van der Waals surface area contributed by atoms with Gasteiger partial charge in [0.25, 0.3) is 0 Å². The van der Waals surface area contributed by atoms with Gasteiger partial charge in [0, 0.05) is 11.8 Å². The zero-order chi connectivity index (χ0) is 17.6. The molecule has 0 unspecified atom stereocenters. The molecule has 0 aliphatic carbocycles. The van der Waals surface area contributed by atoms with Gasteiger partial charge in [-0.15, -0.1) is 0 Å². The van der Waals surface area contributed by atoms with E-state index in [0.717, 1.165) is 0 Å². The lowest BCUT2D eigenvalue weighted by Gasteiger charge is -2.21. The van der Waals surface area contributed by atoms with Crippen molar-refractivity contribution in [3.8, 4) is 11.5 Å². The third kappa shape index (κ3) is 6.06. The monoisotopic (exact) mass is 324 g/mol. The average Bonchev–Trinajstić information content (AvgIpc) is 2.44. The minimum absolute atomic E-state index is 0.372. The Kier molecular flexibility index (Phi) is 6.24. The van der Waals surface area contributed by atoms with Crippen LogP contribution in [0.3, 0.4) is 0 Å². The van der Waals surface area contributed by atoms with Crippen LogP contribution in [0.4, 0.5) is 10.5 Å². The van der Waals surface area contributed by atoms with Crippen molar-refractivity contribution in [3.63, 3.8) is 0 Å². The van der Waals surface area contributed by atoms with Gasteiger partial charge in [-0.3, -0.25) is 4.79 Å². The number of carbonyl (C=O) groups excluding carboxylic acids is 2. The summed E-state index contributed by atoms with van der Waals surface area (Å²) < 4.78 is 15.4. The number of hydrogen-bond acceptors (Lipinski definition) is 5. The summed E-state index contributed by atoms with van der Waals surface area (Å²) in [5.74, 6) is 0.687. The summed E-state index contributed by atoms with van der Waals surface area (Å²) in [6, 6.07) is 4.24. The van der Waals surface area contributed by atoms with Gasteiger partial charge in [-0.25, -0.2) is 4.79 Å². The van der Waals surface area contributed by atoms with Gasteiger partial charge in [0.05, 0.1) is 14.2 Å². The fourth-order valence-corrected chi connectivity index (χ4v) is 1.71. The summed E-state index contributed by atoms with van der Waals surface area (Å²) in [7, 11) is 3.04. The van der Waals surface area contributed by atoms with Crippen LogP contribution in [0, 0.1) is 0 Å². The maximum Gasteiger partial charge on any atom is 0.408 e. The lowest BCUT2D eigenvalue weighted by atomic mass is 10.2. The van der Waals surface area contributed by atoms with Crippen LogP contribution in [0.1, 0.15) is 27.7 Å². The Morgan fingerprint density at radius 3 is 2.22 bits per heavy atom. The summed E-state index contributed by atoms with van der Waals surface area (Å²) in [4.78, 5) is 23.8. The largest absolute Gasteiger partial charge is 0.493 e. The van der Waals surface area contributed by atoms with Gasteiger partial charge >= 0.3 is 6.09 Å². The molecule has 0 saturated carbocycles. The van der Waals surface area contributed by atoms with Crippen LogP contribution in [0.25, 0.3) is 0 Å². The Bertz CT molecular complexity index is 566. The number of ether oxygens (including phenoxy) is 3. The second-order valence-electron chi connectivity index (χ2n) is 5.93. The zero-order valence-electron chi connectivity index (χ0n) is 14.4. The van der Waals surface area contributed by atoms with Crippen molar-refractivity contribution >= 4 is 17.7 Å². The fraction of sp³-hybridized carbons (Fsp3) is 0.500. The molecule has 0 heterocycles. The third-order valence-corrected chi connectivity index (χ3v) is 2.78. The van der Waals surface area contributed by atoms with Crippen LogP contribution >= 0.6 is 0 Å². The standard InChI is InChI=1S/C16H24N2O5/c1-10(17-15(20)23-16(2,3)4)14(19)18-11-7-8-12(21-5)13(9-11)22-6/h7-10H,1-6H3,(H,17,20)(H,18,19)/t10-/m0/s1. The molecule has 1 rings (SSSR count). The van der Waals surface area contributed by atoms with E-state index in [9.17, 15) is 9.59 Å². The van der Waals surface area contributed by atoms with Gasteiger partial charge in [0.15, 0.2) is 11.5 Å². The van der Waals surface area contributed by atoms with E-state index >= 15 is 0 Å². The number of rotatable bonds is 5. The lowest BCUT2D eigenvalue weighted by molar-refractivity contribution is -0.117. The molecule has 7 nitrogen and oxygen atoms in total. The second kappa shape index (κ2) is 7.71. The van der Waals surface area contributed by atoms with E-state index in [1.165, 1.54) is 14.2 Å². The Balaban J connectivity index is 2.66. The highest BCUT2D eigenvalue weighted by Gasteiger charge is 2.21. The maximum absolute atomic E-state index is 12.1. The number of carbonyl (C=O) groups is 2. The van der Waals surface area contributed by atoms with E-state index in [2.05, 4.69) is 10.6 Å². The maximum atomic E-state index is 12.1. The van der Waals surface area contributed by atoms with Crippen LogP contribution in [0.2, 0.25) is 0 Å². The van der Waals surface area contributed by atoms with Crippen molar-refractivity contribution in [1.82, 2.24) is 5.32 Å². The van der Waals surface area contributed by atoms with Gasteiger partial charge in [0.2, 0.25) is 5.91 Å². The molecule has 0 bridgehead atoms. The van der Waals surface area contributed by atoms with E-state index in [-0.39, 0.29) is 5.91 Å². The first kappa shape index (κ1) is 18.6. The van der Waals surface area contributed by atoms with Crippen molar-refractivity contribution in [3.05, 3.63) is 18.2 Å². The van der Waals surface area contributed by atoms with Crippen molar-refractivity contribution < 1.29 is 23.8 Å². The first-order valence-electron chi connectivity index (χ1n) is 7.18. The normalized spacial score (nSPS) is 12.1. The van der Waals surface area contributed by atoms with Gasteiger partial charge in [-0.1, -0.05) is 0 Å². The number of methoxy groups -OCH3 is 2. The van der Waals surface area contributed by atoms with Gasteiger partial charge in [0.1, 0.15) is 11.6 Å². The van der Waals surface area contributed by atoms with Crippen molar-refractivity contribution in [1.29, 1.82) is 0 Å². The molecule has 0 aromatic heterocycles. The Hall–Kier alpha value is -2.44. The average molecular weight is 324 g/mol. The first-order valence-corrected chi connectivity index (χ1v) is 7.18. The van der Waals surface area contributed by atoms with Crippen molar-refractivity contribution in [2.45, 2.75) is 39.3 Å². The molecule has 23 heavy (non-hydrogen) atoms. The molecule has 1 aromatic carbocycles. The predicted octanol–water partition coefficient (Wildman–Crippen LogP) is 2.56. The molecule has 128 valence electrons. The molecule has 2 amide bonds. The van der Waals surface area contributed by atoms with Crippen LogP contribution in [-0.2, 0) is 9.53 Å². The highest BCUT2D eigenvalue weighted by atomic mass is 16.6. The van der Waals surface area contributed by atoms with Gasteiger partial charge < -0.3 is 24.8 Å². The Labute approximate surface area is 136 Å². The summed E-state index contributed by atoms with van der Waals surface area (Å²) in [5.41, 5.74) is -0.0885. The minimum atomic E-state index is -0.752. The minimum Gasteiger partial charge on any atom is -0.493 e. The topological polar surface area (TPSA) is 85.9 Å². The lowest BCUT2D eigenvalue weighted by Crippen LogP contribution is -2.43. The van der Waals surface area contributed by atoms with Crippen LogP contribution < -0.4 is 20.1 Å². The zero-order valence-corrected chi connectivity index (χ0v) is 14.4. The molecule has 2 N–H and O–H groups in total. The smallest absolute Gasteiger partial charge is 0.408 e. The van der Waals surface area contributed by atoms with Gasteiger partial charge in [-0.2, -0.15) is 0 Å². The molecule has 0 aliphatic heterocycles. The number of amides is 2. The Morgan fingerprint density at radius 2 is 1.70 bits per heavy atom. The molecule has 0 aliphatic rings. The number of benzene rings is 1. The predicted molar refractivity (Wildman–Crippen MR) is 87.0 cm³/mol.